The predicted molar refractivity (Wildman–Crippen MR) is 49.7 cm³/mol. The molecular weight excluding hydrogens is 184 g/mol. The first-order valence-corrected chi connectivity index (χ1v) is 3.84. The van der Waals surface area contributed by atoms with Crippen molar-refractivity contribution in [2.75, 3.05) is 0 Å². The molecule has 0 aromatic heterocycles. The first-order chi connectivity index (χ1) is 6.61. The highest BCUT2D eigenvalue weighted by Crippen LogP contribution is 2.05. The molecule has 0 radical (unpaired) electrons. The second-order valence-corrected chi connectivity index (χ2v) is 2.57. The van der Waals surface area contributed by atoms with Crippen LogP contribution >= 0.6 is 0 Å². The molecule has 0 amide bonds. The first kappa shape index (κ1) is 9.98. The molecule has 0 spiro atoms. The van der Waals surface area contributed by atoms with E-state index in [-0.39, 0.29) is 0 Å². The Balaban J connectivity index is 2.90. The van der Waals surface area contributed by atoms with E-state index in [1.54, 1.807) is 30.3 Å². The maximum atomic E-state index is 10.7. The summed E-state index contributed by atoms with van der Waals surface area (Å²) in [5, 5.41) is 17.4. The average molecular weight is 192 g/mol. The Morgan fingerprint density at radius 1 is 1.07 bits per heavy atom. The molecule has 0 bridgehead atoms. The summed E-state index contributed by atoms with van der Waals surface area (Å²) in [6, 6.07) is 8.48. The lowest BCUT2D eigenvalue weighted by Gasteiger charge is -1.94. The molecule has 72 valence electrons. The maximum absolute atomic E-state index is 10.7. The van der Waals surface area contributed by atoms with Crippen molar-refractivity contribution in [2.24, 2.45) is 0 Å². The molecule has 0 heterocycles. The van der Waals surface area contributed by atoms with Gasteiger partial charge in [-0.15, -0.1) is 0 Å². The van der Waals surface area contributed by atoms with Crippen LogP contribution in [-0.2, 0) is 9.59 Å². The van der Waals surface area contributed by atoms with Crippen molar-refractivity contribution in [3.05, 3.63) is 41.7 Å². The van der Waals surface area contributed by atoms with Crippen LogP contribution in [-0.4, -0.2) is 22.0 Å². The summed E-state index contributed by atoms with van der Waals surface area (Å²) in [4.78, 5) is 20.9. The van der Waals surface area contributed by atoms with Crippen molar-refractivity contribution in [3.8, 4) is 0 Å². The van der Waals surface area contributed by atoms with Crippen LogP contribution in [0.15, 0.2) is 36.1 Å². The van der Waals surface area contributed by atoms with Gasteiger partial charge < -0.3 is 10.2 Å². The fourth-order valence-electron chi connectivity index (χ4n) is 0.882. The monoisotopic (exact) mass is 192 g/mol. The highest BCUT2D eigenvalue weighted by atomic mass is 16.4. The summed E-state index contributed by atoms with van der Waals surface area (Å²) in [7, 11) is 0. The van der Waals surface area contributed by atoms with E-state index in [1.165, 1.54) is 0 Å². The third-order valence-corrected chi connectivity index (χ3v) is 1.53. The summed E-state index contributed by atoms with van der Waals surface area (Å²) in [5.41, 5.74) is 0.569. The molecule has 0 saturated heterocycles. The number of aliphatic carboxylic acids is 1. The van der Waals surface area contributed by atoms with Gasteiger partial charge in [-0.25, -0.2) is 4.79 Å². The highest BCUT2D eigenvalue weighted by Gasteiger charge is 2.16. The van der Waals surface area contributed by atoms with Crippen molar-refractivity contribution in [1.29, 1.82) is 0 Å². The number of rotatable bonds is 3. The van der Waals surface area contributed by atoms with Gasteiger partial charge in [-0.05, 0) is 11.6 Å². The molecule has 1 aromatic carbocycles. The van der Waals surface area contributed by atoms with E-state index < -0.39 is 17.5 Å². The van der Waals surface area contributed by atoms with Gasteiger partial charge >= 0.3 is 11.8 Å². The van der Waals surface area contributed by atoms with E-state index >= 15 is 0 Å². The normalized spacial score (nSPS) is 11.0. The molecule has 0 saturated carbocycles. The Labute approximate surface area is 80.1 Å². The molecule has 1 aromatic rings. The van der Waals surface area contributed by atoms with Crippen LogP contribution < -0.4 is 0 Å². The smallest absolute Gasteiger partial charge is 0.380 e. The highest BCUT2D eigenvalue weighted by molar-refractivity contribution is 6.39. The largest absolute Gasteiger partial charge is 0.504 e. The van der Waals surface area contributed by atoms with Gasteiger partial charge in [0.1, 0.15) is 0 Å². The van der Waals surface area contributed by atoms with Gasteiger partial charge in [-0.2, -0.15) is 0 Å². The fourth-order valence-corrected chi connectivity index (χ4v) is 0.882. The van der Waals surface area contributed by atoms with Crippen molar-refractivity contribution < 1.29 is 19.8 Å². The van der Waals surface area contributed by atoms with Crippen LogP contribution in [0.1, 0.15) is 5.56 Å². The van der Waals surface area contributed by atoms with Crippen molar-refractivity contribution in [1.82, 2.24) is 0 Å². The Morgan fingerprint density at radius 3 is 2.14 bits per heavy atom. The number of carboxylic acid groups (broad SMARTS) is 1. The van der Waals surface area contributed by atoms with Crippen LogP contribution in [0.5, 0.6) is 0 Å². The lowest BCUT2D eigenvalue weighted by Crippen LogP contribution is -2.14. The van der Waals surface area contributed by atoms with Gasteiger partial charge in [-0.1, -0.05) is 30.3 Å². The summed E-state index contributed by atoms with van der Waals surface area (Å²) in [5.74, 6) is -3.76. The molecular formula is C10H8O4. The number of carbonyl (C=O) groups is 2. The molecule has 4 heteroatoms. The molecule has 4 nitrogen and oxygen atoms in total. The third kappa shape index (κ3) is 2.45. The fraction of sp³-hybridized carbons (Fsp3) is 0. The standard InChI is InChI=1S/C10H8O4/c11-8(9(12)10(13)14)6-7-4-2-1-3-5-7/h1-6,11H,(H,13,14)/b8-6-. The minimum atomic E-state index is -1.67. The lowest BCUT2D eigenvalue weighted by atomic mass is 10.2. The van der Waals surface area contributed by atoms with Gasteiger partial charge in [0.2, 0.25) is 0 Å². The minimum absolute atomic E-state index is 0.569. The number of hydrogen-bond acceptors (Lipinski definition) is 3. The second kappa shape index (κ2) is 4.23. The Morgan fingerprint density at radius 2 is 1.64 bits per heavy atom. The SMILES string of the molecule is O=C(O)C(=O)/C(O)=C/c1ccccc1. The van der Waals surface area contributed by atoms with Gasteiger partial charge in [0.05, 0.1) is 0 Å². The Bertz CT molecular complexity index is 378. The molecule has 0 aliphatic heterocycles. The van der Waals surface area contributed by atoms with Gasteiger partial charge in [0, 0.05) is 0 Å². The zero-order valence-corrected chi connectivity index (χ0v) is 7.18. The molecule has 2 N–H and O–H groups in total. The molecule has 0 aliphatic rings. The van der Waals surface area contributed by atoms with Crippen LogP contribution in [0, 0.1) is 0 Å². The number of benzene rings is 1. The number of ketones is 1. The number of carboxylic acids is 1. The number of aliphatic hydroxyl groups is 1. The molecule has 1 rings (SSSR count). The Hall–Kier alpha value is -2.10. The second-order valence-electron chi connectivity index (χ2n) is 2.57. The number of hydrogen-bond donors (Lipinski definition) is 2. The summed E-state index contributed by atoms with van der Waals surface area (Å²) >= 11 is 0. The summed E-state index contributed by atoms with van der Waals surface area (Å²) in [6.45, 7) is 0. The maximum Gasteiger partial charge on any atom is 0.380 e. The number of Topliss-reactive ketones (excluding diaryl/α,β-unsaturated/α-hetero) is 1. The molecule has 0 fully saturated rings. The molecule has 0 unspecified atom stereocenters. The summed E-state index contributed by atoms with van der Waals surface area (Å²) < 4.78 is 0. The van der Waals surface area contributed by atoms with Crippen molar-refractivity contribution >= 4 is 17.8 Å². The van der Waals surface area contributed by atoms with Crippen molar-refractivity contribution in [2.45, 2.75) is 0 Å². The summed E-state index contributed by atoms with van der Waals surface area (Å²) in [6.07, 6.45) is 1.11. The zero-order valence-electron chi connectivity index (χ0n) is 7.18. The molecule has 14 heavy (non-hydrogen) atoms. The van der Waals surface area contributed by atoms with Gasteiger partial charge in [0.15, 0.2) is 5.76 Å². The van der Waals surface area contributed by atoms with E-state index in [1.807, 2.05) is 0 Å². The van der Waals surface area contributed by atoms with Crippen LogP contribution in [0.25, 0.3) is 6.08 Å². The van der Waals surface area contributed by atoms with E-state index in [9.17, 15) is 9.59 Å². The van der Waals surface area contributed by atoms with E-state index in [2.05, 4.69) is 0 Å². The quantitative estimate of drug-likeness (QED) is 0.429. The van der Waals surface area contributed by atoms with E-state index in [0.29, 0.717) is 5.56 Å². The van der Waals surface area contributed by atoms with Crippen LogP contribution in [0.2, 0.25) is 0 Å². The molecule has 0 atom stereocenters. The van der Waals surface area contributed by atoms with Crippen LogP contribution in [0.4, 0.5) is 0 Å². The average Bonchev–Trinajstić information content (AvgIpc) is 2.18. The van der Waals surface area contributed by atoms with E-state index in [0.717, 1.165) is 6.08 Å². The first-order valence-electron chi connectivity index (χ1n) is 3.84. The number of aliphatic hydroxyl groups excluding tert-OH is 1. The van der Waals surface area contributed by atoms with Gasteiger partial charge in [-0.3, -0.25) is 4.79 Å². The third-order valence-electron chi connectivity index (χ3n) is 1.53. The van der Waals surface area contributed by atoms with Gasteiger partial charge in [0.25, 0.3) is 0 Å². The predicted octanol–water partition coefficient (Wildman–Crippen LogP) is 1.24. The topological polar surface area (TPSA) is 74.6 Å². The lowest BCUT2D eigenvalue weighted by molar-refractivity contribution is -0.148. The van der Waals surface area contributed by atoms with E-state index in [4.69, 9.17) is 10.2 Å². The minimum Gasteiger partial charge on any atom is -0.504 e. The zero-order chi connectivity index (χ0) is 10.6. The molecule has 0 aliphatic carbocycles. The Kier molecular flexibility index (Phi) is 3.01. The van der Waals surface area contributed by atoms with Crippen LogP contribution in [0.3, 0.4) is 0 Å². The number of carbonyl (C=O) groups excluding carboxylic acids is 1. The van der Waals surface area contributed by atoms with Crippen molar-refractivity contribution in [3.63, 3.8) is 0 Å².